The van der Waals surface area contributed by atoms with Crippen molar-refractivity contribution in [1.29, 1.82) is 0 Å². The largest absolute Gasteiger partial charge is 0.545 e. The van der Waals surface area contributed by atoms with Crippen LogP contribution in [0.4, 0.5) is 0 Å². The summed E-state index contributed by atoms with van der Waals surface area (Å²) in [6.07, 6.45) is 0. The molecule has 3 aromatic carbocycles. The molecule has 0 bridgehead atoms. The van der Waals surface area contributed by atoms with Gasteiger partial charge in [-0.3, -0.25) is 0 Å². The molecule has 16 nitrogen and oxygen atoms in total. The van der Waals surface area contributed by atoms with Gasteiger partial charge in [-0.1, -0.05) is 39.8 Å². The first-order valence-corrected chi connectivity index (χ1v) is 15.0. The van der Waals surface area contributed by atoms with Crippen LogP contribution < -0.4 is 16.9 Å². The molecule has 16 heteroatoms. The fourth-order valence-electron chi connectivity index (χ4n) is 4.09. The van der Waals surface area contributed by atoms with Crippen LogP contribution in [0.5, 0.6) is 0 Å². The van der Waals surface area contributed by atoms with Gasteiger partial charge in [0.15, 0.2) is 0 Å². The van der Waals surface area contributed by atoms with Crippen molar-refractivity contribution in [2.75, 3.05) is 26.4 Å². The number of hydrogen-bond acceptors (Lipinski definition) is 16. The number of carbonyl (C=O) groups excluding carboxylic acids is 7. The van der Waals surface area contributed by atoms with E-state index in [1.54, 1.807) is 27.7 Å². The van der Waals surface area contributed by atoms with Crippen LogP contribution >= 0.6 is 0 Å². The third-order valence-corrected chi connectivity index (χ3v) is 7.00. The maximum atomic E-state index is 12.8. The molecule has 0 amide bonds. The van der Waals surface area contributed by atoms with E-state index in [1.165, 1.54) is 54.6 Å². The number of aromatic carboxylic acids is 1. The van der Waals surface area contributed by atoms with Crippen molar-refractivity contribution in [3.8, 4) is 0 Å². The van der Waals surface area contributed by atoms with E-state index in [0.29, 0.717) is 0 Å². The SMILES string of the molecule is CC(C)(COC(=O)c1ccc(C(=O)[O-])cc1)COC(=O)c1ccc(C(=O)OCC(C)(C)COC(=O)c2ccc(C(=O)ON)cc2C(=O)ON)cc1. The summed E-state index contributed by atoms with van der Waals surface area (Å²) in [7, 11) is 0. The third-order valence-electron chi connectivity index (χ3n) is 7.00. The minimum atomic E-state index is -1.37. The molecule has 270 valence electrons. The van der Waals surface area contributed by atoms with Gasteiger partial charge in [0.1, 0.15) is 0 Å². The lowest BCUT2D eigenvalue weighted by Crippen LogP contribution is -2.29. The van der Waals surface area contributed by atoms with Gasteiger partial charge in [0, 0.05) is 10.8 Å². The van der Waals surface area contributed by atoms with Gasteiger partial charge >= 0.3 is 35.8 Å². The molecule has 0 aliphatic carbocycles. The maximum Gasteiger partial charge on any atom is 0.357 e. The first-order chi connectivity index (χ1) is 24.0. The Morgan fingerprint density at radius 2 is 0.804 bits per heavy atom. The Bertz CT molecular complexity index is 1800. The molecule has 0 spiro atoms. The lowest BCUT2D eigenvalue weighted by atomic mass is 9.96. The van der Waals surface area contributed by atoms with Crippen LogP contribution in [0.1, 0.15) is 100 Å². The summed E-state index contributed by atoms with van der Waals surface area (Å²) in [5.74, 6) is 3.31. The van der Waals surface area contributed by atoms with Crippen LogP contribution in [0.3, 0.4) is 0 Å². The molecule has 51 heavy (non-hydrogen) atoms. The zero-order chi connectivity index (χ0) is 37.9. The van der Waals surface area contributed by atoms with Gasteiger partial charge in [-0.2, -0.15) is 11.8 Å². The highest BCUT2D eigenvalue weighted by Crippen LogP contribution is 2.22. The Labute approximate surface area is 291 Å². The van der Waals surface area contributed by atoms with Crippen LogP contribution in [-0.4, -0.2) is 68.2 Å². The summed E-state index contributed by atoms with van der Waals surface area (Å²) in [6, 6.07) is 13.9. The minimum Gasteiger partial charge on any atom is -0.545 e. The van der Waals surface area contributed by atoms with Crippen molar-refractivity contribution in [3.05, 3.63) is 106 Å². The van der Waals surface area contributed by atoms with E-state index in [9.17, 15) is 38.7 Å². The van der Waals surface area contributed by atoms with Gasteiger partial charge in [0.25, 0.3) is 0 Å². The molecule has 0 atom stereocenters. The first kappa shape index (κ1) is 39.3. The van der Waals surface area contributed by atoms with Crippen LogP contribution in [-0.2, 0) is 28.6 Å². The van der Waals surface area contributed by atoms with Crippen molar-refractivity contribution in [2.45, 2.75) is 27.7 Å². The summed E-state index contributed by atoms with van der Waals surface area (Å²) in [5.41, 5.74) is -2.10. The summed E-state index contributed by atoms with van der Waals surface area (Å²) in [6.45, 7) is 6.08. The Balaban J connectivity index is 1.49. The van der Waals surface area contributed by atoms with Gasteiger partial charge in [-0.25, -0.2) is 28.8 Å². The van der Waals surface area contributed by atoms with Crippen LogP contribution in [0.25, 0.3) is 0 Å². The Hall–Kier alpha value is -6.13. The molecular formula is C35H35N2O14-. The van der Waals surface area contributed by atoms with E-state index >= 15 is 0 Å². The highest BCUT2D eigenvalue weighted by molar-refractivity contribution is 6.05. The molecule has 0 aromatic heterocycles. The fraction of sp³-hybridized carbons (Fsp3) is 0.286. The van der Waals surface area contributed by atoms with Crippen LogP contribution in [0.2, 0.25) is 0 Å². The van der Waals surface area contributed by atoms with Crippen molar-refractivity contribution < 1.29 is 67.3 Å². The average molecular weight is 708 g/mol. The van der Waals surface area contributed by atoms with Crippen molar-refractivity contribution in [2.24, 2.45) is 22.6 Å². The van der Waals surface area contributed by atoms with Crippen LogP contribution in [0, 0.1) is 10.8 Å². The highest BCUT2D eigenvalue weighted by atomic mass is 16.7. The molecule has 0 heterocycles. The molecular weight excluding hydrogens is 672 g/mol. The molecule has 0 radical (unpaired) electrons. The van der Waals surface area contributed by atoms with E-state index in [0.717, 1.165) is 12.1 Å². The Morgan fingerprint density at radius 3 is 1.16 bits per heavy atom. The zero-order valence-corrected chi connectivity index (χ0v) is 28.0. The molecule has 0 aliphatic heterocycles. The minimum absolute atomic E-state index is 0.0833. The number of rotatable bonds is 15. The monoisotopic (exact) mass is 707 g/mol. The number of esters is 4. The number of carboxylic acids is 1. The molecule has 0 unspecified atom stereocenters. The zero-order valence-electron chi connectivity index (χ0n) is 28.0. The second-order valence-corrected chi connectivity index (χ2v) is 12.6. The quantitative estimate of drug-likeness (QED) is 0.130. The number of ether oxygens (including phenoxy) is 4. The molecule has 0 saturated carbocycles. The van der Waals surface area contributed by atoms with E-state index in [4.69, 9.17) is 30.7 Å². The molecule has 3 rings (SSSR count). The summed E-state index contributed by atoms with van der Waals surface area (Å²) in [5, 5.41) is 10.9. The smallest absolute Gasteiger partial charge is 0.357 e. The average Bonchev–Trinajstić information content (AvgIpc) is 3.13. The van der Waals surface area contributed by atoms with Crippen molar-refractivity contribution in [1.82, 2.24) is 0 Å². The standard InChI is InChI=1S/C35H36N2O14/c1-34(2,16-46-28(40)21-7-5-20(6-8-21)27(38)39)17-47-29(41)22-9-11-23(12-10-22)30(42)48-18-35(3,4)19-49-32(44)25-14-13-24(31(43)50-36)15-26(25)33(45)51-37/h5-15H,16-19,36-37H2,1-4H3,(H,38,39)/p-1. The number of nitrogens with two attached hydrogens (primary N) is 2. The van der Waals surface area contributed by atoms with Crippen molar-refractivity contribution >= 4 is 41.8 Å². The van der Waals surface area contributed by atoms with E-state index in [2.05, 4.69) is 9.68 Å². The molecule has 0 saturated heterocycles. The van der Waals surface area contributed by atoms with Gasteiger partial charge in [-0.15, -0.1) is 0 Å². The normalized spacial score (nSPS) is 11.1. The lowest BCUT2D eigenvalue weighted by Gasteiger charge is -2.24. The number of hydrogen-bond donors (Lipinski definition) is 2. The molecule has 0 aliphatic rings. The topological polar surface area (TPSA) is 250 Å². The van der Waals surface area contributed by atoms with Crippen molar-refractivity contribution in [3.63, 3.8) is 0 Å². The fourth-order valence-corrected chi connectivity index (χ4v) is 4.09. The van der Waals surface area contributed by atoms with E-state index in [-0.39, 0.29) is 65.4 Å². The summed E-state index contributed by atoms with van der Waals surface area (Å²) in [4.78, 5) is 93.4. The summed E-state index contributed by atoms with van der Waals surface area (Å²) >= 11 is 0. The second-order valence-electron chi connectivity index (χ2n) is 12.6. The summed E-state index contributed by atoms with van der Waals surface area (Å²) < 4.78 is 21.4. The molecule has 4 N–H and O–H groups in total. The number of carboxylic acid groups (broad SMARTS) is 1. The predicted molar refractivity (Wildman–Crippen MR) is 172 cm³/mol. The van der Waals surface area contributed by atoms with Gasteiger partial charge in [-0.05, 0) is 60.2 Å². The number of carbonyl (C=O) groups is 7. The van der Waals surface area contributed by atoms with E-state index < -0.39 is 52.6 Å². The van der Waals surface area contributed by atoms with Gasteiger partial charge in [0.05, 0.1) is 65.8 Å². The lowest BCUT2D eigenvalue weighted by molar-refractivity contribution is -0.255. The first-order valence-electron chi connectivity index (χ1n) is 15.0. The number of benzene rings is 3. The van der Waals surface area contributed by atoms with Gasteiger partial charge in [0.2, 0.25) is 0 Å². The predicted octanol–water partition coefficient (Wildman–Crippen LogP) is 2.19. The van der Waals surface area contributed by atoms with Gasteiger partial charge < -0.3 is 38.5 Å². The Morgan fingerprint density at radius 1 is 0.471 bits per heavy atom. The maximum absolute atomic E-state index is 12.8. The van der Waals surface area contributed by atoms with E-state index in [1.807, 2.05) is 0 Å². The molecule has 3 aromatic rings. The highest BCUT2D eigenvalue weighted by Gasteiger charge is 2.27. The third kappa shape index (κ3) is 11.2. The Kier molecular flexibility index (Phi) is 13.1. The van der Waals surface area contributed by atoms with Crippen LogP contribution in [0.15, 0.2) is 66.7 Å². The molecule has 0 fully saturated rings. The second kappa shape index (κ2) is 17.0.